The van der Waals surface area contributed by atoms with Crippen LogP contribution in [0.5, 0.6) is 0 Å². The fraction of sp³-hybridized carbons (Fsp3) is 0.684. The summed E-state index contributed by atoms with van der Waals surface area (Å²) in [7, 11) is -2.74. The van der Waals surface area contributed by atoms with Crippen molar-refractivity contribution >= 4 is 14.0 Å². The van der Waals surface area contributed by atoms with E-state index in [4.69, 9.17) is 13.3 Å². The van der Waals surface area contributed by atoms with Crippen LogP contribution in [0.25, 0.3) is 0 Å². The van der Waals surface area contributed by atoms with Crippen LogP contribution in [0.2, 0.25) is 0 Å². The molecule has 0 aliphatic rings. The van der Waals surface area contributed by atoms with Crippen LogP contribution in [-0.4, -0.2) is 28.6 Å². The highest BCUT2D eigenvalue weighted by Gasteiger charge is 2.43. The van der Waals surface area contributed by atoms with E-state index < -0.39 is 8.80 Å². The van der Waals surface area contributed by atoms with E-state index in [0.29, 0.717) is 19.8 Å². The van der Waals surface area contributed by atoms with Crippen molar-refractivity contribution in [2.45, 2.75) is 66.2 Å². The Kier molecular flexibility index (Phi) is 10.4. The zero-order chi connectivity index (χ0) is 17.0. The van der Waals surface area contributed by atoms with E-state index in [1.807, 2.05) is 20.8 Å². The molecular formula is C19H34O3Si. The SMILES string of the molecule is CCCCCCCc1ccc([Si](OCC)(OCC)OCC)cc1. The highest BCUT2D eigenvalue weighted by atomic mass is 28.4. The number of aryl methyl sites for hydroxylation is 1. The summed E-state index contributed by atoms with van der Waals surface area (Å²) in [6, 6.07) is 8.67. The lowest BCUT2D eigenvalue weighted by atomic mass is 10.1. The van der Waals surface area contributed by atoms with Gasteiger partial charge >= 0.3 is 8.80 Å². The van der Waals surface area contributed by atoms with Gasteiger partial charge in [-0.3, -0.25) is 0 Å². The molecule has 1 rings (SSSR count). The van der Waals surface area contributed by atoms with E-state index in [1.54, 1.807) is 0 Å². The number of rotatable bonds is 13. The van der Waals surface area contributed by atoms with Gasteiger partial charge < -0.3 is 13.3 Å². The van der Waals surface area contributed by atoms with Crippen molar-refractivity contribution in [3.63, 3.8) is 0 Å². The Morgan fingerprint density at radius 2 is 1.22 bits per heavy atom. The molecule has 0 N–H and O–H groups in total. The Bertz CT molecular complexity index is 389. The van der Waals surface area contributed by atoms with Gasteiger partial charge in [0.15, 0.2) is 0 Å². The number of unbranched alkanes of at least 4 members (excludes halogenated alkanes) is 4. The molecule has 0 unspecified atom stereocenters. The Morgan fingerprint density at radius 3 is 1.70 bits per heavy atom. The molecule has 23 heavy (non-hydrogen) atoms. The summed E-state index contributed by atoms with van der Waals surface area (Å²) in [6.45, 7) is 10.0. The van der Waals surface area contributed by atoms with Gasteiger partial charge in [0.2, 0.25) is 0 Å². The molecule has 0 fully saturated rings. The first-order valence-corrected chi connectivity index (χ1v) is 11.0. The predicted molar refractivity (Wildman–Crippen MR) is 99.2 cm³/mol. The fourth-order valence-corrected chi connectivity index (χ4v) is 5.22. The molecule has 0 spiro atoms. The molecule has 1 aromatic rings. The van der Waals surface area contributed by atoms with Gasteiger partial charge in [0.25, 0.3) is 0 Å². The van der Waals surface area contributed by atoms with Crippen molar-refractivity contribution in [2.24, 2.45) is 0 Å². The lowest BCUT2D eigenvalue weighted by Gasteiger charge is -2.28. The summed E-state index contributed by atoms with van der Waals surface area (Å²) < 4.78 is 17.9. The molecule has 4 heteroatoms. The minimum Gasteiger partial charge on any atom is -0.370 e. The molecule has 0 bridgehead atoms. The zero-order valence-corrected chi connectivity index (χ0v) is 16.4. The normalized spacial score (nSPS) is 11.8. The largest absolute Gasteiger partial charge is 0.537 e. The second kappa shape index (κ2) is 11.8. The summed E-state index contributed by atoms with van der Waals surface area (Å²) in [4.78, 5) is 0. The van der Waals surface area contributed by atoms with E-state index in [9.17, 15) is 0 Å². The Hall–Kier alpha value is -0.683. The summed E-state index contributed by atoms with van der Waals surface area (Å²) in [6.07, 6.45) is 7.74. The summed E-state index contributed by atoms with van der Waals surface area (Å²) in [5.41, 5.74) is 1.39. The third-order valence-corrected chi connectivity index (χ3v) is 6.93. The van der Waals surface area contributed by atoms with E-state index in [1.165, 1.54) is 37.7 Å². The van der Waals surface area contributed by atoms with Gasteiger partial charge in [0, 0.05) is 25.0 Å². The quantitative estimate of drug-likeness (QED) is 0.393. The molecule has 0 saturated carbocycles. The number of hydrogen-bond acceptors (Lipinski definition) is 3. The molecule has 0 atom stereocenters. The minimum absolute atomic E-state index is 0.603. The van der Waals surface area contributed by atoms with Gasteiger partial charge in [-0.15, -0.1) is 0 Å². The van der Waals surface area contributed by atoms with Gasteiger partial charge in [0.1, 0.15) is 0 Å². The van der Waals surface area contributed by atoms with Crippen molar-refractivity contribution in [3.8, 4) is 0 Å². The Morgan fingerprint density at radius 1 is 0.696 bits per heavy atom. The van der Waals surface area contributed by atoms with Crippen molar-refractivity contribution in [3.05, 3.63) is 29.8 Å². The van der Waals surface area contributed by atoms with Gasteiger partial charge in [0.05, 0.1) is 0 Å². The molecule has 0 aromatic heterocycles. The molecule has 0 saturated heterocycles. The maximum atomic E-state index is 5.96. The molecule has 1 aromatic carbocycles. The van der Waals surface area contributed by atoms with E-state index in [-0.39, 0.29) is 0 Å². The first-order valence-electron chi connectivity index (χ1n) is 9.23. The smallest absolute Gasteiger partial charge is 0.370 e. The molecule has 3 nitrogen and oxygen atoms in total. The highest BCUT2D eigenvalue weighted by molar-refractivity contribution is 6.75. The first-order chi connectivity index (χ1) is 11.2. The number of benzene rings is 1. The van der Waals surface area contributed by atoms with Gasteiger partial charge in [-0.25, -0.2) is 0 Å². The third kappa shape index (κ3) is 6.75. The van der Waals surface area contributed by atoms with Crippen LogP contribution in [0.3, 0.4) is 0 Å². The topological polar surface area (TPSA) is 27.7 Å². The molecule has 0 aliphatic heterocycles. The maximum absolute atomic E-state index is 5.96. The molecule has 0 radical (unpaired) electrons. The van der Waals surface area contributed by atoms with E-state index in [2.05, 4.69) is 31.2 Å². The summed E-state index contributed by atoms with van der Waals surface area (Å²) in [5.74, 6) is 0. The summed E-state index contributed by atoms with van der Waals surface area (Å²) in [5, 5.41) is 1.07. The highest BCUT2D eigenvalue weighted by Crippen LogP contribution is 2.13. The minimum atomic E-state index is -2.74. The van der Waals surface area contributed by atoms with Crippen LogP contribution in [0.15, 0.2) is 24.3 Å². The van der Waals surface area contributed by atoms with E-state index >= 15 is 0 Å². The molecule has 132 valence electrons. The fourth-order valence-electron chi connectivity index (χ4n) is 2.75. The van der Waals surface area contributed by atoms with Crippen LogP contribution in [0, 0.1) is 0 Å². The lowest BCUT2D eigenvalue weighted by Crippen LogP contribution is -2.56. The van der Waals surface area contributed by atoms with E-state index in [0.717, 1.165) is 11.6 Å². The maximum Gasteiger partial charge on any atom is 0.537 e. The van der Waals surface area contributed by atoms with Crippen LogP contribution < -0.4 is 5.19 Å². The standard InChI is InChI=1S/C19H34O3Si/c1-5-9-10-11-12-13-18-14-16-19(17-15-18)23(20-6-2,21-7-3)22-8-4/h14-17H,5-13H2,1-4H3. The van der Waals surface area contributed by atoms with Crippen molar-refractivity contribution < 1.29 is 13.3 Å². The monoisotopic (exact) mass is 338 g/mol. The van der Waals surface area contributed by atoms with Gasteiger partial charge in [-0.1, -0.05) is 56.9 Å². The van der Waals surface area contributed by atoms with Crippen LogP contribution >= 0.6 is 0 Å². The average molecular weight is 339 g/mol. The average Bonchev–Trinajstić information content (AvgIpc) is 2.56. The van der Waals surface area contributed by atoms with Crippen molar-refractivity contribution in [2.75, 3.05) is 19.8 Å². The van der Waals surface area contributed by atoms with Gasteiger partial charge in [-0.2, -0.15) is 0 Å². The summed E-state index contributed by atoms with van der Waals surface area (Å²) >= 11 is 0. The Labute approximate surface area is 143 Å². The lowest BCUT2D eigenvalue weighted by molar-refractivity contribution is 0.0859. The molecule has 0 amide bonds. The molecule has 0 heterocycles. The molecule has 0 aliphatic carbocycles. The van der Waals surface area contributed by atoms with Crippen LogP contribution in [-0.2, 0) is 19.7 Å². The zero-order valence-electron chi connectivity index (χ0n) is 15.4. The second-order valence-electron chi connectivity index (χ2n) is 5.72. The second-order valence-corrected chi connectivity index (χ2v) is 8.27. The predicted octanol–water partition coefficient (Wildman–Crippen LogP) is 4.45. The van der Waals surface area contributed by atoms with Crippen molar-refractivity contribution in [1.82, 2.24) is 0 Å². The van der Waals surface area contributed by atoms with Crippen LogP contribution in [0.4, 0.5) is 0 Å². The first kappa shape index (κ1) is 20.4. The number of hydrogen-bond donors (Lipinski definition) is 0. The van der Waals surface area contributed by atoms with Crippen molar-refractivity contribution in [1.29, 1.82) is 0 Å². The molecular weight excluding hydrogens is 304 g/mol. The van der Waals surface area contributed by atoms with Crippen LogP contribution in [0.1, 0.15) is 65.4 Å². The van der Waals surface area contributed by atoms with Gasteiger partial charge in [-0.05, 0) is 39.2 Å². The Balaban J connectivity index is 2.70. The third-order valence-electron chi connectivity index (χ3n) is 3.88.